The van der Waals surface area contributed by atoms with Crippen molar-refractivity contribution in [1.29, 1.82) is 0 Å². The molecule has 4 heteroatoms. The third-order valence-electron chi connectivity index (χ3n) is 2.22. The Balaban J connectivity index is 1.97. The van der Waals surface area contributed by atoms with Crippen molar-refractivity contribution < 1.29 is 14.3 Å². The second-order valence-electron chi connectivity index (χ2n) is 3.78. The Morgan fingerprint density at radius 2 is 2.06 bits per heavy atom. The van der Waals surface area contributed by atoms with Crippen molar-refractivity contribution >= 4 is 12.3 Å². The first kappa shape index (κ1) is 10.7. The van der Waals surface area contributed by atoms with Crippen molar-refractivity contribution in [3.63, 3.8) is 0 Å². The summed E-state index contributed by atoms with van der Waals surface area (Å²) in [6.45, 7) is 4.15. The van der Waals surface area contributed by atoms with Gasteiger partial charge in [0, 0.05) is 6.40 Å². The van der Waals surface area contributed by atoms with E-state index in [2.05, 4.69) is 17.5 Å². The zero-order valence-corrected chi connectivity index (χ0v) is 9.19. The number of rotatable bonds is 3. The Hall–Kier alpha value is -1.84. The summed E-state index contributed by atoms with van der Waals surface area (Å²) in [4.78, 5) is 14.5. The van der Waals surface area contributed by atoms with Gasteiger partial charge >= 0.3 is 0 Å². The van der Waals surface area contributed by atoms with Gasteiger partial charge in [-0.1, -0.05) is 6.07 Å². The summed E-state index contributed by atoms with van der Waals surface area (Å²) in [6, 6.07) is 5.88. The fourth-order valence-corrected chi connectivity index (χ4v) is 1.55. The fourth-order valence-electron chi connectivity index (χ4n) is 1.55. The molecule has 0 aromatic heterocycles. The molecular weight excluding hydrogens is 206 g/mol. The average molecular weight is 218 g/mol. The Labute approximate surface area is 93.9 Å². The summed E-state index contributed by atoms with van der Waals surface area (Å²) in [5, 5.41) is 0. The Morgan fingerprint density at radius 3 is 2.62 bits per heavy atom. The minimum absolute atomic E-state index is 0.165. The molecule has 0 spiro atoms. The molecule has 0 N–H and O–H groups in total. The van der Waals surface area contributed by atoms with E-state index in [1.807, 2.05) is 26.0 Å². The molecule has 1 heterocycles. The molecule has 4 nitrogen and oxygen atoms in total. The zero-order valence-electron chi connectivity index (χ0n) is 9.19. The number of hydrogen-bond acceptors (Lipinski definition) is 3. The van der Waals surface area contributed by atoms with Crippen molar-refractivity contribution in [2.45, 2.75) is 20.0 Å². The van der Waals surface area contributed by atoms with Crippen LogP contribution in [0.3, 0.4) is 0 Å². The van der Waals surface area contributed by atoms with Gasteiger partial charge in [0.25, 0.3) is 0 Å². The summed E-state index contributed by atoms with van der Waals surface area (Å²) in [5.41, 5.74) is 2.24. The molecule has 2 rings (SSSR count). The lowest BCUT2D eigenvalue weighted by atomic mass is 10.1. The zero-order chi connectivity index (χ0) is 11.5. The van der Waals surface area contributed by atoms with Gasteiger partial charge in [-0.15, -0.1) is 0 Å². The summed E-state index contributed by atoms with van der Waals surface area (Å²) < 4.78 is 10.3. The molecular formula is C12H12NO3-. The van der Waals surface area contributed by atoms with E-state index in [4.69, 9.17) is 9.47 Å². The molecule has 1 unspecified atom stereocenters. The molecule has 84 valence electrons. The van der Waals surface area contributed by atoms with Crippen LogP contribution in [0.5, 0.6) is 5.75 Å². The van der Waals surface area contributed by atoms with Crippen LogP contribution in [-0.2, 0) is 9.53 Å². The third kappa shape index (κ3) is 2.39. The van der Waals surface area contributed by atoms with Crippen LogP contribution in [0.4, 0.5) is 0 Å². The van der Waals surface area contributed by atoms with Crippen LogP contribution in [0.2, 0.25) is 0 Å². The highest BCUT2D eigenvalue weighted by Gasteiger charge is 2.13. The Morgan fingerprint density at radius 1 is 1.38 bits per heavy atom. The summed E-state index contributed by atoms with van der Waals surface area (Å²) in [7, 11) is 0. The maximum Gasteiger partial charge on any atom is 0.131 e. The number of aliphatic imine (C=N–C) groups is 1. The van der Waals surface area contributed by atoms with Gasteiger partial charge in [0.15, 0.2) is 0 Å². The molecule has 1 amide bonds. The molecule has 0 fully saturated rings. The van der Waals surface area contributed by atoms with Gasteiger partial charge in [-0.2, -0.15) is 0 Å². The number of ether oxygens (including phenoxy) is 2. The van der Waals surface area contributed by atoms with Crippen LogP contribution >= 0.6 is 0 Å². The second kappa shape index (κ2) is 4.35. The quantitative estimate of drug-likeness (QED) is 0.722. The van der Waals surface area contributed by atoms with Gasteiger partial charge in [0.2, 0.25) is 0 Å². The van der Waals surface area contributed by atoms with E-state index < -0.39 is 6.10 Å². The van der Waals surface area contributed by atoms with Crippen LogP contribution in [-0.4, -0.2) is 25.0 Å². The molecule has 1 aliphatic heterocycles. The maximum atomic E-state index is 11.1. The lowest BCUT2D eigenvalue weighted by molar-refractivity contribution is -0.123. The molecule has 1 aliphatic rings. The molecule has 1 atom stereocenters. The molecule has 1 aromatic rings. The largest absolute Gasteiger partial charge is 0.574 e. The van der Waals surface area contributed by atoms with Crippen LogP contribution in [0.1, 0.15) is 11.1 Å². The van der Waals surface area contributed by atoms with Crippen molar-refractivity contribution in [1.82, 2.24) is 0 Å². The van der Waals surface area contributed by atoms with Gasteiger partial charge in [-0.3, -0.25) is 0 Å². The summed E-state index contributed by atoms with van der Waals surface area (Å²) in [6.07, 6.45) is 1.52. The van der Waals surface area contributed by atoms with Crippen LogP contribution in [0, 0.1) is 13.8 Å². The monoisotopic (exact) mass is 218 g/mol. The standard InChI is InChI=1S/C12H12NO3/c1-8-3-9(2)5-10(4-8)15-6-11-12(14)13-7-16-11/h3-5,11H,6H2,1-2H3/q-1. The van der Waals surface area contributed by atoms with E-state index in [0.29, 0.717) is 0 Å². The Bertz CT molecular complexity index is 420. The van der Waals surface area contributed by atoms with Crippen molar-refractivity contribution in [3.05, 3.63) is 29.3 Å². The van der Waals surface area contributed by atoms with Gasteiger partial charge in [0.05, 0.1) is 0 Å². The first-order valence-electron chi connectivity index (χ1n) is 5.01. The topological polar surface area (TPSA) is 47.9 Å². The molecule has 0 saturated heterocycles. The molecule has 16 heavy (non-hydrogen) atoms. The molecule has 1 aromatic carbocycles. The highest BCUT2D eigenvalue weighted by atomic mass is 16.5. The lowest BCUT2D eigenvalue weighted by Gasteiger charge is -2.15. The lowest BCUT2D eigenvalue weighted by Crippen LogP contribution is -2.24. The second-order valence-corrected chi connectivity index (χ2v) is 3.78. The smallest absolute Gasteiger partial charge is 0.131 e. The predicted molar refractivity (Wildman–Crippen MR) is 58.7 cm³/mol. The molecule has 0 radical (unpaired) electrons. The molecule has 0 saturated carbocycles. The fraction of sp³-hybridized carbons (Fsp3) is 0.333. The van der Waals surface area contributed by atoms with Gasteiger partial charge in [-0.05, 0) is 37.1 Å². The van der Waals surface area contributed by atoms with Crippen LogP contribution in [0.25, 0.3) is 0 Å². The number of nitrogens with zero attached hydrogens (tertiary/aromatic N) is 1. The van der Waals surface area contributed by atoms with Crippen LogP contribution in [0.15, 0.2) is 23.2 Å². The van der Waals surface area contributed by atoms with E-state index in [9.17, 15) is 4.79 Å². The molecule has 0 aliphatic carbocycles. The van der Waals surface area contributed by atoms with E-state index >= 15 is 0 Å². The summed E-state index contributed by atoms with van der Waals surface area (Å²) >= 11 is 0. The predicted octanol–water partition coefficient (Wildman–Crippen LogP) is 1.51. The Kier molecular flexibility index (Phi) is 2.90. The highest BCUT2D eigenvalue weighted by molar-refractivity contribution is 5.91. The van der Waals surface area contributed by atoms with Gasteiger partial charge < -0.3 is 19.3 Å². The maximum absolute atomic E-state index is 11.1. The van der Waals surface area contributed by atoms with E-state index in [1.165, 1.54) is 0 Å². The number of carbonyl (C=O) groups excluding carboxylic acids is 1. The van der Waals surface area contributed by atoms with Crippen LogP contribution < -0.4 is 4.74 Å². The van der Waals surface area contributed by atoms with Gasteiger partial charge in [-0.25, -0.2) is 0 Å². The van der Waals surface area contributed by atoms with E-state index in [1.54, 1.807) is 0 Å². The highest BCUT2D eigenvalue weighted by Crippen LogP contribution is 2.17. The normalized spacial score (nSPS) is 18.6. The number of benzene rings is 1. The minimum atomic E-state index is -0.652. The van der Waals surface area contributed by atoms with E-state index in [-0.39, 0.29) is 12.5 Å². The van der Waals surface area contributed by atoms with Crippen molar-refractivity contribution in [2.75, 3.05) is 6.61 Å². The number of amides is 1. The number of hydrogen-bond donors (Lipinski definition) is 0. The van der Waals surface area contributed by atoms with E-state index in [0.717, 1.165) is 16.9 Å². The number of aryl methyl sites for hydroxylation is 2. The molecule has 0 bridgehead atoms. The van der Waals surface area contributed by atoms with Gasteiger partial charge in [0.1, 0.15) is 24.4 Å². The average Bonchev–Trinajstić information content (AvgIpc) is 2.59. The third-order valence-corrected chi connectivity index (χ3v) is 2.22. The SMILES string of the molecule is Cc1cc(C)cc(OCC2O[C-]=NC2=O)c1. The van der Waals surface area contributed by atoms with Crippen molar-refractivity contribution in [2.24, 2.45) is 4.99 Å². The summed E-state index contributed by atoms with van der Waals surface area (Å²) in [5.74, 6) is 0.394. The first-order chi connectivity index (χ1) is 7.65. The van der Waals surface area contributed by atoms with Crippen molar-refractivity contribution in [3.8, 4) is 5.75 Å². The minimum Gasteiger partial charge on any atom is -0.574 e. The first-order valence-corrected chi connectivity index (χ1v) is 5.01. The number of carbonyl (C=O) groups is 1.